The summed E-state index contributed by atoms with van der Waals surface area (Å²) in [4.78, 5) is 0. The molecule has 100 valence electrons. The maximum absolute atomic E-state index is 11.3. The van der Waals surface area contributed by atoms with Crippen LogP contribution in [0.2, 0.25) is 0 Å². The highest BCUT2D eigenvalue weighted by Gasteiger charge is 2.57. The molecule has 0 saturated heterocycles. The van der Waals surface area contributed by atoms with Crippen molar-refractivity contribution in [1.82, 2.24) is 0 Å². The van der Waals surface area contributed by atoms with Gasteiger partial charge in [-0.3, -0.25) is 9.11 Å². The SMILES string of the molecule is NN=NC(c1ccccc1)(S(=O)(=O)O)S(=O)(=O)O. The van der Waals surface area contributed by atoms with E-state index >= 15 is 0 Å². The minimum absolute atomic E-state index is 0.524. The molecular weight excluding hydrogens is 286 g/mol. The van der Waals surface area contributed by atoms with E-state index in [1.807, 2.05) is 0 Å². The number of hydrogen-bond donors (Lipinski definition) is 3. The molecule has 0 unspecified atom stereocenters. The Labute approximate surface area is 103 Å². The Kier molecular flexibility index (Phi) is 3.71. The summed E-state index contributed by atoms with van der Waals surface area (Å²) in [5.74, 6) is 4.65. The van der Waals surface area contributed by atoms with Gasteiger partial charge in [0.15, 0.2) is 0 Å². The van der Waals surface area contributed by atoms with Crippen LogP contribution in [-0.2, 0) is 24.4 Å². The zero-order valence-corrected chi connectivity index (χ0v) is 10.3. The monoisotopic (exact) mass is 295 g/mol. The Morgan fingerprint density at radius 3 is 1.78 bits per heavy atom. The lowest BCUT2D eigenvalue weighted by atomic mass is 10.2. The average molecular weight is 295 g/mol. The highest BCUT2D eigenvalue weighted by atomic mass is 32.3. The Morgan fingerprint density at radius 1 is 1.00 bits per heavy atom. The molecule has 0 spiro atoms. The summed E-state index contributed by atoms with van der Waals surface area (Å²) in [5.41, 5.74) is -0.524. The lowest BCUT2D eigenvalue weighted by Gasteiger charge is -2.21. The van der Waals surface area contributed by atoms with E-state index in [1.165, 1.54) is 18.2 Å². The maximum atomic E-state index is 11.3. The Balaban J connectivity index is 3.85. The number of rotatable bonds is 4. The van der Waals surface area contributed by atoms with Gasteiger partial charge in [0.2, 0.25) is 0 Å². The molecule has 0 aliphatic carbocycles. The average Bonchev–Trinajstić information content (AvgIpc) is 2.23. The van der Waals surface area contributed by atoms with E-state index in [0.29, 0.717) is 0 Å². The first-order chi connectivity index (χ1) is 8.17. The van der Waals surface area contributed by atoms with Gasteiger partial charge in [-0.25, -0.2) is 0 Å². The Hall–Kier alpha value is -1.56. The van der Waals surface area contributed by atoms with Crippen LogP contribution in [0.25, 0.3) is 0 Å². The standard InChI is InChI=1S/C7H9N3O6S2/c8-10-9-7(17(11,12)13,18(14,15)16)6-4-2-1-3-5-6/h1-5H,(H2,8,9)(H,11,12,13)(H,14,15,16). The van der Waals surface area contributed by atoms with Crippen molar-refractivity contribution >= 4 is 20.2 Å². The predicted octanol–water partition coefficient (Wildman–Crippen LogP) is -0.102. The maximum Gasteiger partial charge on any atom is 0.356 e. The first-order valence-electron chi connectivity index (χ1n) is 4.28. The summed E-state index contributed by atoms with van der Waals surface area (Å²) in [6.07, 6.45) is 0. The molecule has 0 aliphatic rings. The predicted molar refractivity (Wildman–Crippen MR) is 60.3 cm³/mol. The second kappa shape index (κ2) is 4.61. The van der Waals surface area contributed by atoms with Gasteiger partial charge in [0, 0.05) is 5.56 Å². The Morgan fingerprint density at radius 2 is 1.44 bits per heavy atom. The van der Waals surface area contributed by atoms with Crippen LogP contribution in [0.5, 0.6) is 0 Å². The van der Waals surface area contributed by atoms with Crippen molar-refractivity contribution in [1.29, 1.82) is 0 Å². The van der Waals surface area contributed by atoms with E-state index in [1.54, 1.807) is 0 Å². The largest absolute Gasteiger partial charge is 0.356 e. The van der Waals surface area contributed by atoms with Crippen LogP contribution in [0.1, 0.15) is 5.56 Å². The zero-order chi connectivity index (χ0) is 14.0. The molecule has 4 N–H and O–H groups in total. The topological polar surface area (TPSA) is 159 Å². The molecule has 1 aromatic rings. The molecule has 0 aromatic heterocycles. The minimum Gasteiger partial charge on any atom is -0.305 e. The smallest absolute Gasteiger partial charge is 0.305 e. The molecule has 18 heavy (non-hydrogen) atoms. The number of nitrogens with two attached hydrogens (primary N) is 1. The van der Waals surface area contributed by atoms with Crippen LogP contribution in [0.3, 0.4) is 0 Å². The quantitative estimate of drug-likeness (QED) is 0.302. The van der Waals surface area contributed by atoms with Gasteiger partial charge in [0.25, 0.3) is 0 Å². The number of benzene rings is 1. The molecule has 0 saturated carbocycles. The van der Waals surface area contributed by atoms with Crippen LogP contribution in [0.15, 0.2) is 40.7 Å². The molecule has 0 amide bonds. The number of nitrogens with zero attached hydrogens (tertiary/aromatic N) is 2. The minimum atomic E-state index is -5.38. The van der Waals surface area contributed by atoms with Gasteiger partial charge in [-0.05, 0) is 0 Å². The first kappa shape index (κ1) is 14.5. The van der Waals surface area contributed by atoms with Crippen LogP contribution in [0.4, 0.5) is 0 Å². The van der Waals surface area contributed by atoms with E-state index in [2.05, 4.69) is 16.2 Å². The van der Waals surface area contributed by atoms with Crippen molar-refractivity contribution in [2.45, 2.75) is 4.20 Å². The van der Waals surface area contributed by atoms with E-state index in [9.17, 15) is 16.8 Å². The fourth-order valence-electron chi connectivity index (χ4n) is 1.32. The summed E-state index contributed by atoms with van der Waals surface area (Å²) in [6.45, 7) is 0. The molecule has 0 aliphatic heterocycles. The van der Waals surface area contributed by atoms with Gasteiger partial charge in [0.05, 0.1) is 0 Å². The summed E-state index contributed by atoms with van der Waals surface area (Å²) in [7, 11) is -10.8. The summed E-state index contributed by atoms with van der Waals surface area (Å²) in [6, 6.07) is 6.08. The van der Waals surface area contributed by atoms with Crippen LogP contribution in [0, 0.1) is 0 Å². The zero-order valence-electron chi connectivity index (χ0n) is 8.70. The molecular formula is C7H9N3O6S2. The molecule has 0 bridgehead atoms. The van der Waals surface area contributed by atoms with Crippen molar-refractivity contribution in [2.75, 3.05) is 0 Å². The van der Waals surface area contributed by atoms with Gasteiger partial charge >= 0.3 is 24.4 Å². The van der Waals surface area contributed by atoms with Crippen molar-refractivity contribution in [2.24, 2.45) is 16.2 Å². The summed E-state index contributed by atoms with van der Waals surface area (Å²) < 4.78 is 59.9. The van der Waals surface area contributed by atoms with E-state index in [-0.39, 0.29) is 0 Å². The van der Waals surface area contributed by atoms with Crippen molar-refractivity contribution < 1.29 is 25.9 Å². The highest BCUT2D eigenvalue weighted by Crippen LogP contribution is 2.36. The molecule has 0 atom stereocenters. The third-order valence-corrected chi connectivity index (χ3v) is 5.32. The second-order valence-corrected chi connectivity index (χ2v) is 6.45. The molecule has 0 radical (unpaired) electrons. The second-order valence-electron chi connectivity index (χ2n) is 3.11. The van der Waals surface area contributed by atoms with E-state index in [0.717, 1.165) is 12.1 Å². The van der Waals surface area contributed by atoms with Gasteiger partial charge in [-0.2, -0.15) is 16.8 Å². The number of hydrogen-bond acceptors (Lipinski definition) is 6. The van der Waals surface area contributed by atoms with Crippen molar-refractivity contribution in [3.8, 4) is 0 Å². The molecule has 1 rings (SSSR count). The summed E-state index contributed by atoms with van der Waals surface area (Å²) in [5, 5.41) is 5.36. The van der Waals surface area contributed by atoms with Gasteiger partial charge in [-0.15, -0.1) is 5.11 Å². The molecule has 11 heteroatoms. The fraction of sp³-hybridized carbons (Fsp3) is 0.143. The van der Waals surface area contributed by atoms with Gasteiger partial charge in [-0.1, -0.05) is 35.6 Å². The lowest BCUT2D eigenvalue weighted by molar-refractivity contribution is 0.422. The lowest BCUT2D eigenvalue weighted by Crippen LogP contribution is -2.41. The molecule has 0 heterocycles. The van der Waals surface area contributed by atoms with Crippen molar-refractivity contribution in [3.63, 3.8) is 0 Å². The van der Waals surface area contributed by atoms with Gasteiger partial charge in [0.1, 0.15) is 0 Å². The normalized spacial score (nSPS) is 13.9. The van der Waals surface area contributed by atoms with E-state index in [4.69, 9.17) is 9.11 Å². The third kappa shape index (κ3) is 2.20. The molecule has 1 aromatic carbocycles. The van der Waals surface area contributed by atoms with E-state index < -0.39 is 30.0 Å². The summed E-state index contributed by atoms with van der Waals surface area (Å²) >= 11 is 0. The van der Waals surface area contributed by atoms with Gasteiger partial charge < -0.3 is 5.84 Å². The third-order valence-electron chi connectivity index (χ3n) is 2.03. The van der Waals surface area contributed by atoms with Crippen LogP contribution < -0.4 is 5.84 Å². The molecule has 9 nitrogen and oxygen atoms in total. The van der Waals surface area contributed by atoms with Crippen molar-refractivity contribution in [3.05, 3.63) is 35.9 Å². The Bertz CT molecular complexity index is 620. The van der Waals surface area contributed by atoms with Crippen LogP contribution >= 0.6 is 0 Å². The van der Waals surface area contributed by atoms with Crippen LogP contribution in [-0.4, -0.2) is 25.9 Å². The highest BCUT2D eigenvalue weighted by molar-refractivity contribution is 8.04. The fourth-order valence-corrected chi connectivity index (χ4v) is 3.55. The molecule has 0 fully saturated rings. The first-order valence-corrected chi connectivity index (χ1v) is 7.16.